The maximum absolute atomic E-state index is 12.5. The number of aryl methyl sites for hydroxylation is 1. The predicted molar refractivity (Wildman–Crippen MR) is 93.1 cm³/mol. The number of fused-ring (bicyclic) bond motifs is 1. The molecule has 0 spiro atoms. The number of rotatable bonds is 2. The fourth-order valence-electron chi connectivity index (χ4n) is 2.14. The van der Waals surface area contributed by atoms with E-state index in [-0.39, 0.29) is 5.91 Å². The van der Waals surface area contributed by atoms with E-state index in [2.05, 4.69) is 21.2 Å². The minimum absolute atomic E-state index is 0.171. The summed E-state index contributed by atoms with van der Waals surface area (Å²) in [7, 11) is 0. The van der Waals surface area contributed by atoms with Crippen LogP contribution in [-0.4, -0.2) is 5.91 Å². The standard InChI is InChI=1S/C16H13BrN2OS/c1-9-6-7-10(17)8-12(9)19-16(20)15-14(18)11-4-2-3-5-13(11)21-15/h2-8H,18H2,1H3,(H,19,20). The Morgan fingerprint density at radius 1 is 1.24 bits per heavy atom. The summed E-state index contributed by atoms with van der Waals surface area (Å²) in [5, 5.41) is 3.86. The van der Waals surface area contributed by atoms with Crippen molar-refractivity contribution in [3.63, 3.8) is 0 Å². The summed E-state index contributed by atoms with van der Waals surface area (Å²) in [6.45, 7) is 1.95. The number of thiophene rings is 1. The fourth-order valence-corrected chi connectivity index (χ4v) is 3.52. The van der Waals surface area contributed by atoms with Crippen molar-refractivity contribution in [2.75, 3.05) is 11.1 Å². The van der Waals surface area contributed by atoms with Gasteiger partial charge in [-0.2, -0.15) is 0 Å². The van der Waals surface area contributed by atoms with Gasteiger partial charge >= 0.3 is 0 Å². The number of hydrogen-bond acceptors (Lipinski definition) is 3. The average molecular weight is 361 g/mol. The molecule has 5 heteroatoms. The maximum atomic E-state index is 12.5. The lowest BCUT2D eigenvalue weighted by Crippen LogP contribution is -2.12. The van der Waals surface area contributed by atoms with E-state index in [1.54, 1.807) is 0 Å². The van der Waals surface area contributed by atoms with Gasteiger partial charge < -0.3 is 11.1 Å². The van der Waals surface area contributed by atoms with Gasteiger partial charge in [0.2, 0.25) is 0 Å². The monoisotopic (exact) mass is 360 g/mol. The second-order valence-corrected chi connectivity index (χ2v) is 6.72. The molecule has 0 fully saturated rings. The highest BCUT2D eigenvalue weighted by atomic mass is 79.9. The molecule has 106 valence electrons. The topological polar surface area (TPSA) is 55.1 Å². The number of nitrogens with one attached hydrogen (secondary N) is 1. The van der Waals surface area contributed by atoms with Crippen molar-refractivity contribution >= 4 is 54.6 Å². The molecule has 2 aromatic carbocycles. The van der Waals surface area contributed by atoms with Gasteiger partial charge in [0.25, 0.3) is 5.91 Å². The first-order valence-corrected chi connectivity index (χ1v) is 8.01. The maximum Gasteiger partial charge on any atom is 0.267 e. The van der Waals surface area contributed by atoms with Gasteiger partial charge in [-0.3, -0.25) is 4.79 Å². The lowest BCUT2D eigenvalue weighted by molar-refractivity contribution is 0.103. The summed E-state index contributed by atoms with van der Waals surface area (Å²) in [5.41, 5.74) is 8.43. The van der Waals surface area contributed by atoms with Crippen molar-refractivity contribution < 1.29 is 4.79 Å². The molecule has 0 unspecified atom stereocenters. The van der Waals surface area contributed by atoms with Crippen molar-refractivity contribution in [3.05, 3.63) is 57.4 Å². The number of hydrogen-bond donors (Lipinski definition) is 2. The zero-order valence-corrected chi connectivity index (χ0v) is 13.7. The number of nitrogens with two attached hydrogens (primary N) is 1. The van der Waals surface area contributed by atoms with E-state index in [1.807, 2.05) is 49.4 Å². The van der Waals surface area contributed by atoms with Crippen LogP contribution in [-0.2, 0) is 0 Å². The van der Waals surface area contributed by atoms with Gasteiger partial charge in [0, 0.05) is 20.2 Å². The van der Waals surface area contributed by atoms with Crippen LogP contribution >= 0.6 is 27.3 Å². The van der Waals surface area contributed by atoms with Crippen LogP contribution in [0.5, 0.6) is 0 Å². The molecule has 0 atom stereocenters. The van der Waals surface area contributed by atoms with Crippen LogP contribution in [0.2, 0.25) is 0 Å². The summed E-state index contributed by atoms with van der Waals surface area (Å²) >= 11 is 4.82. The number of carbonyl (C=O) groups is 1. The van der Waals surface area contributed by atoms with Crippen molar-refractivity contribution in [1.82, 2.24) is 0 Å². The normalized spacial score (nSPS) is 10.8. The van der Waals surface area contributed by atoms with Crippen molar-refractivity contribution in [2.24, 2.45) is 0 Å². The van der Waals surface area contributed by atoms with E-state index in [0.717, 1.165) is 25.8 Å². The summed E-state index contributed by atoms with van der Waals surface area (Å²) in [5.74, 6) is -0.171. The lowest BCUT2D eigenvalue weighted by Gasteiger charge is -2.08. The predicted octanol–water partition coefficient (Wildman–Crippen LogP) is 4.81. The molecular weight excluding hydrogens is 348 g/mol. The zero-order chi connectivity index (χ0) is 15.0. The molecule has 1 heterocycles. The quantitative estimate of drug-likeness (QED) is 0.688. The zero-order valence-electron chi connectivity index (χ0n) is 11.3. The van der Waals surface area contributed by atoms with E-state index in [0.29, 0.717) is 10.6 Å². The fraction of sp³-hybridized carbons (Fsp3) is 0.0625. The molecule has 0 bridgehead atoms. The summed E-state index contributed by atoms with van der Waals surface area (Å²) < 4.78 is 1.94. The highest BCUT2D eigenvalue weighted by molar-refractivity contribution is 9.10. The van der Waals surface area contributed by atoms with E-state index >= 15 is 0 Å². The Hall–Kier alpha value is -1.85. The smallest absolute Gasteiger partial charge is 0.267 e. The van der Waals surface area contributed by atoms with Crippen molar-refractivity contribution in [2.45, 2.75) is 6.92 Å². The summed E-state index contributed by atoms with van der Waals surface area (Å²) in [4.78, 5) is 13.0. The first kappa shape index (κ1) is 14.1. The van der Waals surface area contributed by atoms with Crippen LogP contribution in [0.15, 0.2) is 46.9 Å². The molecule has 3 rings (SSSR count). The molecular formula is C16H13BrN2OS. The minimum atomic E-state index is -0.171. The van der Waals surface area contributed by atoms with Crippen LogP contribution in [0.1, 0.15) is 15.2 Å². The third-order valence-electron chi connectivity index (χ3n) is 3.29. The second kappa shape index (κ2) is 5.50. The van der Waals surface area contributed by atoms with Gasteiger partial charge in [0.1, 0.15) is 4.88 Å². The van der Waals surface area contributed by atoms with E-state index in [9.17, 15) is 4.79 Å². The van der Waals surface area contributed by atoms with Crippen LogP contribution in [0, 0.1) is 6.92 Å². The van der Waals surface area contributed by atoms with Gasteiger partial charge in [0.15, 0.2) is 0 Å². The molecule has 0 radical (unpaired) electrons. The molecule has 21 heavy (non-hydrogen) atoms. The molecule has 1 amide bonds. The van der Waals surface area contributed by atoms with Gasteiger partial charge in [-0.05, 0) is 30.7 Å². The Balaban J connectivity index is 1.97. The molecule has 0 saturated carbocycles. The average Bonchev–Trinajstić information content (AvgIpc) is 2.81. The largest absolute Gasteiger partial charge is 0.397 e. The van der Waals surface area contributed by atoms with Gasteiger partial charge in [0.05, 0.1) is 5.69 Å². The number of anilines is 2. The highest BCUT2D eigenvalue weighted by Gasteiger charge is 2.16. The summed E-state index contributed by atoms with van der Waals surface area (Å²) in [6.07, 6.45) is 0. The third kappa shape index (κ3) is 2.66. The van der Waals surface area contributed by atoms with Gasteiger partial charge in [-0.25, -0.2) is 0 Å². The molecule has 0 aliphatic heterocycles. The SMILES string of the molecule is Cc1ccc(Br)cc1NC(=O)c1sc2ccccc2c1N. The van der Waals surface area contributed by atoms with E-state index in [4.69, 9.17) is 5.73 Å². The van der Waals surface area contributed by atoms with Crippen LogP contribution in [0.4, 0.5) is 11.4 Å². The summed E-state index contributed by atoms with van der Waals surface area (Å²) in [6, 6.07) is 13.5. The third-order valence-corrected chi connectivity index (χ3v) is 4.97. The number of nitrogen functional groups attached to an aromatic ring is 1. The first-order chi connectivity index (χ1) is 10.1. The molecule has 0 aliphatic rings. The Morgan fingerprint density at radius 2 is 2.00 bits per heavy atom. The lowest BCUT2D eigenvalue weighted by atomic mass is 10.2. The van der Waals surface area contributed by atoms with Gasteiger partial charge in [-0.1, -0.05) is 40.2 Å². The Labute approximate surface area is 134 Å². The van der Waals surface area contributed by atoms with Crippen molar-refractivity contribution in [3.8, 4) is 0 Å². The van der Waals surface area contributed by atoms with Crippen LogP contribution in [0.25, 0.3) is 10.1 Å². The molecule has 3 aromatic rings. The molecule has 0 saturated heterocycles. The number of amides is 1. The van der Waals surface area contributed by atoms with Crippen molar-refractivity contribution in [1.29, 1.82) is 0 Å². The van der Waals surface area contributed by atoms with E-state index < -0.39 is 0 Å². The minimum Gasteiger partial charge on any atom is -0.397 e. The molecule has 3 nitrogen and oxygen atoms in total. The van der Waals surface area contributed by atoms with E-state index in [1.165, 1.54) is 11.3 Å². The Morgan fingerprint density at radius 3 is 2.76 bits per heavy atom. The Bertz CT molecular complexity index is 841. The molecule has 0 aliphatic carbocycles. The number of halogens is 1. The second-order valence-electron chi connectivity index (χ2n) is 4.75. The molecule has 3 N–H and O–H groups in total. The van der Waals surface area contributed by atoms with Gasteiger partial charge in [-0.15, -0.1) is 11.3 Å². The van der Waals surface area contributed by atoms with Crippen LogP contribution in [0.3, 0.4) is 0 Å². The van der Waals surface area contributed by atoms with Crippen LogP contribution < -0.4 is 11.1 Å². The number of benzene rings is 2. The Kier molecular flexibility index (Phi) is 3.69. The first-order valence-electron chi connectivity index (χ1n) is 6.41. The molecule has 1 aromatic heterocycles. The number of carbonyl (C=O) groups excluding carboxylic acids is 1. The highest BCUT2D eigenvalue weighted by Crippen LogP contribution is 2.34.